The van der Waals surface area contributed by atoms with Crippen molar-refractivity contribution in [2.75, 3.05) is 0 Å². The van der Waals surface area contributed by atoms with Gasteiger partial charge in [0, 0.05) is 12.0 Å². The zero-order chi connectivity index (χ0) is 20.5. The van der Waals surface area contributed by atoms with Gasteiger partial charge >= 0.3 is 5.97 Å². The van der Waals surface area contributed by atoms with Gasteiger partial charge in [0.05, 0.1) is 17.0 Å². The van der Waals surface area contributed by atoms with Crippen LogP contribution in [0.2, 0.25) is 0 Å². The molecule has 6 heteroatoms. The van der Waals surface area contributed by atoms with E-state index in [1.807, 2.05) is 19.9 Å². The molecule has 0 aromatic heterocycles. The van der Waals surface area contributed by atoms with Crippen LogP contribution in [0, 0.1) is 5.92 Å². The predicted molar refractivity (Wildman–Crippen MR) is 99.9 cm³/mol. The molecule has 2 rings (SSSR count). The smallest absolute Gasteiger partial charge is 0.309 e. The minimum atomic E-state index is -1.33. The molecule has 1 aromatic carbocycles. The second-order valence-electron chi connectivity index (χ2n) is 7.40. The molecule has 27 heavy (non-hydrogen) atoms. The summed E-state index contributed by atoms with van der Waals surface area (Å²) < 4.78 is 5.66. The molecule has 0 unspecified atom stereocenters. The maximum atomic E-state index is 12.3. The van der Waals surface area contributed by atoms with E-state index in [1.54, 1.807) is 20.8 Å². The van der Waals surface area contributed by atoms with Crippen molar-refractivity contribution in [1.82, 2.24) is 0 Å². The molecule has 0 saturated heterocycles. The van der Waals surface area contributed by atoms with E-state index in [2.05, 4.69) is 0 Å². The summed E-state index contributed by atoms with van der Waals surface area (Å²) in [5.41, 5.74) is -0.816. The van der Waals surface area contributed by atoms with E-state index in [0.717, 1.165) is 17.7 Å². The number of aromatic hydroxyl groups is 2. The molecule has 2 N–H and O–H groups in total. The quantitative estimate of drug-likeness (QED) is 0.463. The van der Waals surface area contributed by atoms with Crippen LogP contribution in [0.25, 0.3) is 0 Å². The minimum absolute atomic E-state index is 0.0710. The van der Waals surface area contributed by atoms with Crippen LogP contribution in [0.3, 0.4) is 0 Å². The van der Waals surface area contributed by atoms with Gasteiger partial charge < -0.3 is 14.9 Å². The van der Waals surface area contributed by atoms with Gasteiger partial charge in [0.15, 0.2) is 11.6 Å². The zero-order valence-corrected chi connectivity index (χ0v) is 16.1. The molecular formula is C21H24O6. The first-order valence-corrected chi connectivity index (χ1v) is 8.70. The van der Waals surface area contributed by atoms with Crippen LogP contribution in [-0.4, -0.2) is 27.7 Å². The van der Waals surface area contributed by atoms with Gasteiger partial charge in [0.25, 0.3) is 0 Å². The Hall–Kier alpha value is -2.89. The molecule has 1 aromatic rings. The van der Waals surface area contributed by atoms with Crippen LogP contribution in [0.15, 0.2) is 29.9 Å². The molecule has 0 spiro atoms. The van der Waals surface area contributed by atoms with Gasteiger partial charge in [-0.2, -0.15) is 0 Å². The molecule has 1 atom stereocenters. The van der Waals surface area contributed by atoms with E-state index in [0.29, 0.717) is 0 Å². The van der Waals surface area contributed by atoms with Gasteiger partial charge in [0.1, 0.15) is 17.1 Å². The van der Waals surface area contributed by atoms with Gasteiger partial charge in [-0.15, -0.1) is 0 Å². The Balaban J connectivity index is 2.70. The van der Waals surface area contributed by atoms with Crippen molar-refractivity contribution >= 4 is 17.5 Å². The molecule has 1 aliphatic rings. The average Bonchev–Trinajstić information content (AvgIpc) is 2.58. The molecule has 0 aliphatic heterocycles. The first-order valence-electron chi connectivity index (χ1n) is 8.70. The summed E-state index contributed by atoms with van der Waals surface area (Å²) in [6.07, 6.45) is 4.14. The van der Waals surface area contributed by atoms with E-state index >= 15 is 0 Å². The summed E-state index contributed by atoms with van der Waals surface area (Å²) in [5, 5.41) is 21.1. The molecule has 144 valence electrons. The van der Waals surface area contributed by atoms with Gasteiger partial charge in [-0.3, -0.25) is 14.4 Å². The third kappa shape index (κ3) is 3.94. The fourth-order valence-corrected chi connectivity index (χ4v) is 2.81. The van der Waals surface area contributed by atoms with Crippen molar-refractivity contribution < 1.29 is 29.3 Å². The number of rotatable bonds is 5. The maximum Gasteiger partial charge on any atom is 0.309 e. The van der Waals surface area contributed by atoms with Crippen LogP contribution in [0.4, 0.5) is 0 Å². The Labute approximate surface area is 158 Å². The highest BCUT2D eigenvalue weighted by Crippen LogP contribution is 2.44. The van der Waals surface area contributed by atoms with Crippen LogP contribution >= 0.6 is 0 Å². The van der Waals surface area contributed by atoms with E-state index < -0.39 is 40.6 Å². The fraction of sp³-hybridized carbons (Fsp3) is 0.381. The lowest BCUT2D eigenvalue weighted by Gasteiger charge is -2.32. The van der Waals surface area contributed by atoms with Crippen LogP contribution in [-0.2, 0) is 15.1 Å². The number of hydrogen-bond acceptors (Lipinski definition) is 6. The first kappa shape index (κ1) is 20.4. The normalized spacial score (nSPS) is 15.3. The Bertz CT molecular complexity index is 871. The van der Waals surface area contributed by atoms with Crippen molar-refractivity contribution in [1.29, 1.82) is 0 Å². The summed E-state index contributed by atoms with van der Waals surface area (Å²) in [4.78, 5) is 36.6. The third-order valence-corrected chi connectivity index (χ3v) is 4.42. The Morgan fingerprint density at radius 2 is 1.70 bits per heavy atom. The van der Waals surface area contributed by atoms with Gasteiger partial charge in [-0.25, -0.2) is 0 Å². The first-order chi connectivity index (χ1) is 12.5. The molecule has 0 amide bonds. The number of allylic oxidation sites excluding steroid dienone is 3. The number of esters is 1. The lowest BCUT2D eigenvalue weighted by Crippen LogP contribution is -2.31. The summed E-state index contributed by atoms with van der Waals surface area (Å²) in [6.45, 7) is 8.71. The number of carbonyl (C=O) groups is 3. The van der Waals surface area contributed by atoms with Crippen LogP contribution in [0.5, 0.6) is 11.5 Å². The molecule has 0 bridgehead atoms. The van der Waals surface area contributed by atoms with Crippen LogP contribution in [0.1, 0.15) is 67.3 Å². The molecule has 0 heterocycles. The summed E-state index contributed by atoms with van der Waals surface area (Å²) in [5.74, 6) is -2.97. The molecule has 0 fully saturated rings. The van der Waals surface area contributed by atoms with Crippen molar-refractivity contribution in [3.05, 3.63) is 46.6 Å². The van der Waals surface area contributed by atoms with Gasteiger partial charge in [0.2, 0.25) is 0 Å². The van der Waals surface area contributed by atoms with Crippen molar-refractivity contribution in [3.63, 3.8) is 0 Å². The number of ether oxygens (including phenoxy) is 1. The standard InChI is InChI=1S/C21H24O6/c1-11(2)8-9-21(5,27-20(26)12(3)4)13-10-16(24)17-14(22)6-7-15(23)18(17)19(13)25/h6-8,10,12,24-25H,9H2,1-5H3/t21-/m1/s1. The molecule has 0 radical (unpaired) electrons. The highest BCUT2D eigenvalue weighted by atomic mass is 16.6. The number of fused-ring (bicyclic) bond motifs is 1. The topological polar surface area (TPSA) is 101 Å². The lowest BCUT2D eigenvalue weighted by atomic mass is 9.84. The number of benzene rings is 1. The van der Waals surface area contributed by atoms with Crippen molar-refractivity contribution in [3.8, 4) is 11.5 Å². The van der Waals surface area contributed by atoms with E-state index in [1.165, 1.54) is 6.07 Å². The number of phenols is 2. The average molecular weight is 372 g/mol. The summed E-state index contributed by atoms with van der Waals surface area (Å²) in [6, 6.07) is 1.19. The minimum Gasteiger partial charge on any atom is -0.507 e. The lowest BCUT2D eigenvalue weighted by molar-refractivity contribution is -0.163. The molecule has 1 aliphatic carbocycles. The largest absolute Gasteiger partial charge is 0.507 e. The Morgan fingerprint density at radius 3 is 2.22 bits per heavy atom. The molecule has 6 nitrogen and oxygen atoms in total. The predicted octanol–water partition coefficient (Wildman–Crippen LogP) is 3.80. The third-order valence-electron chi connectivity index (χ3n) is 4.42. The number of phenolic OH excluding ortho intramolecular Hbond substituents is 2. The SMILES string of the molecule is CC(C)=CC[C@@](C)(OC(=O)C(C)C)c1cc(O)c2c(c1O)C(=O)C=CC2=O. The fourth-order valence-electron chi connectivity index (χ4n) is 2.81. The van der Waals surface area contributed by atoms with E-state index in [4.69, 9.17) is 4.74 Å². The Morgan fingerprint density at radius 1 is 1.15 bits per heavy atom. The van der Waals surface area contributed by atoms with Gasteiger partial charge in [-0.1, -0.05) is 25.5 Å². The van der Waals surface area contributed by atoms with Crippen LogP contribution < -0.4 is 0 Å². The zero-order valence-electron chi connectivity index (χ0n) is 16.1. The van der Waals surface area contributed by atoms with E-state index in [-0.39, 0.29) is 23.1 Å². The highest BCUT2D eigenvalue weighted by Gasteiger charge is 2.38. The number of ketones is 2. The summed E-state index contributed by atoms with van der Waals surface area (Å²) in [7, 11) is 0. The second-order valence-corrected chi connectivity index (χ2v) is 7.40. The summed E-state index contributed by atoms with van der Waals surface area (Å²) >= 11 is 0. The monoisotopic (exact) mass is 372 g/mol. The van der Waals surface area contributed by atoms with Crippen molar-refractivity contribution in [2.24, 2.45) is 5.92 Å². The molecular weight excluding hydrogens is 348 g/mol. The van der Waals surface area contributed by atoms with E-state index in [9.17, 15) is 24.6 Å². The number of hydrogen-bond donors (Lipinski definition) is 2. The van der Waals surface area contributed by atoms with Gasteiger partial charge in [-0.05, 0) is 39.0 Å². The highest BCUT2D eigenvalue weighted by molar-refractivity contribution is 6.24. The Kier molecular flexibility index (Phi) is 5.59. The van der Waals surface area contributed by atoms with Crippen molar-refractivity contribution in [2.45, 2.75) is 46.6 Å². The second kappa shape index (κ2) is 7.39. The maximum absolute atomic E-state index is 12.3. The molecule has 0 saturated carbocycles. The number of carbonyl (C=O) groups excluding carboxylic acids is 3.